The predicted octanol–water partition coefficient (Wildman–Crippen LogP) is 2.55. The van der Waals surface area contributed by atoms with Crippen molar-refractivity contribution in [1.82, 2.24) is 0 Å². The maximum Gasteiger partial charge on any atom is 0.338 e. The quantitative estimate of drug-likeness (QED) is 0.809. The van der Waals surface area contributed by atoms with Gasteiger partial charge in [-0.1, -0.05) is 0 Å². The second kappa shape index (κ2) is 6.63. The van der Waals surface area contributed by atoms with Gasteiger partial charge in [0.05, 0.1) is 24.0 Å². The molecule has 0 aliphatic heterocycles. The molecule has 0 radical (unpaired) electrons. The van der Waals surface area contributed by atoms with Gasteiger partial charge in [0.1, 0.15) is 0 Å². The molecule has 24 heavy (non-hydrogen) atoms. The summed E-state index contributed by atoms with van der Waals surface area (Å²) >= 11 is 0. The number of benzene rings is 1. The number of amides is 1. The minimum Gasteiger partial charge on any atom is -0.481 e. The summed E-state index contributed by atoms with van der Waals surface area (Å²) in [4.78, 5) is 35.7. The van der Waals surface area contributed by atoms with Crippen molar-refractivity contribution in [2.75, 3.05) is 11.9 Å². The molecule has 0 heterocycles. The molecule has 2 saturated carbocycles. The molecule has 1 aromatic rings. The Morgan fingerprint density at radius 1 is 1.12 bits per heavy atom. The summed E-state index contributed by atoms with van der Waals surface area (Å²) in [6, 6.07) is 6.44. The van der Waals surface area contributed by atoms with Crippen molar-refractivity contribution in [1.29, 1.82) is 0 Å². The Labute approximate surface area is 140 Å². The van der Waals surface area contributed by atoms with E-state index in [9.17, 15) is 19.5 Å². The Morgan fingerprint density at radius 3 is 2.33 bits per heavy atom. The molecule has 2 N–H and O–H groups in total. The maximum absolute atomic E-state index is 12.6. The van der Waals surface area contributed by atoms with Gasteiger partial charge in [-0.2, -0.15) is 0 Å². The second-order valence-corrected chi connectivity index (χ2v) is 6.51. The lowest BCUT2D eigenvalue weighted by molar-refractivity contribution is -0.148. The molecular weight excluding hydrogens is 310 g/mol. The van der Waals surface area contributed by atoms with Crippen LogP contribution in [0.5, 0.6) is 0 Å². The Bertz CT molecular complexity index is 654. The first kappa shape index (κ1) is 16.5. The normalized spacial score (nSPS) is 27.7. The lowest BCUT2D eigenvalue weighted by atomic mass is 9.78. The van der Waals surface area contributed by atoms with Gasteiger partial charge in [0.2, 0.25) is 5.91 Å². The van der Waals surface area contributed by atoms with Gasteiger partial charge in [0.25, 0.3) is 0 Å². The zero-order chi connectivity index (χ0) is 17.3. The number of esters is 1. The molecule has 1 amide bonds. The van der Waals surface area contributed by atoms with Gasteiger partial charge < -0.3 is 15.2 Å². The van der Waals surface area contributed by atoms with Gasteiger partial charge >= 0.3 is 11.9 Å². The van der Waals surface area contributed by atoms with Crippen LogP contribution in [0, 0.1) is 23.7 Å². The third-order valence-electron chi connectivity index (χ3n) is 5.17. The van der Waals surface area contributed by atoms with E-state index in [2.05, 4.69) is 5.32 Å². The van der Waals surface area contributed by atoms with Crippen LogP contribution in [0.3, 0.4) is 0 Å². The van der Waals surface area contributed by atoms with E-state index in [1.807, 2.05) is 0 Å². The first-order chi connectivity index (χ1) is 11.5. The molecule has 2 fully saturated rings. The number of carbonyl (C=O) groups excluding carboxylic acids is 2. The van der Waals surface area contributed by atoms with E-state index in [1.54, 1.807) is 31.2 Å². The minimum absolute atomic E-state index is 0.120. The van der Waals surface area contributed by atoms with Gasteiger partial charge in [-0.25, -0.2) is 4.79 Å². The van der Waals surface area contributed by atoms with Gasteiger partial charge in [0, 0.05) is 5.69 Å². The Hall–Kier alpha value is -2.37. The minimum atomic E-state index is -0.875. The molecule has 2 aliphatic rings. The summed E-state index contributed by atoms with van der Waals surface area (Å²) in [5.74, 6) is -2.29. The third-order valence-corrected chi connectivity index (χ3v) is 5.17. The van der Waals surface area contributed by atoms with Crippen molar-refractivity contribution < 1.29 is 24.2 Å². The zero-order valence-electron chi connectivity index (χ0n) is 13.5. The standard InChI is InChI=1S/C18H21NO5/c1-2-24-18(23)10-5-7-13(8-6-10)19-16(20)14-11-3-4-12(9-11)15(14)17(21)22/h5-8,11-12,14-15H,2-4,9H2,1H3,(H,19,20)(H,21,22)/t11-,12+,14+,15+/m1/s1. The van der Waals surface area contributed by atoms with Crippen LogP contribution in [0.15, 0.2) is 24.3 Å². The number of ether oxygens (including phenoxy) is 1. The first-order valence-electron chi connectivity index (χ1n) is 8.32. The lowest BCUT2D eigenvalue weighted by Crippen LogP contribution is -2.37. The topological polar surface area (TPSA) is 92.7 Å². The van der Waals surface area contributed by atoms with E-state index in [4.69, 9.17) is 4.74 Å². The number of hydrogen-bond acceptors (Lipinski definition) is 4. The summed E-state index contributed by atoms with van der Waals surface area (Å²) in [7, 11) is 0. The maximum atomic E-state index is 12.6. The van der Waals surface area contributed by atoms with Crippen LogP contribution in [-0.4, -0.2) is 29.6 Å². The average molecular weight is 331 g/mol. The predicted molar refractivity (Wildman–Crippen MR) is 86.5 cm³/mol. The molecule has 0 unspecified atom stereocenters. The fourth-order valence-corrected chi connectivity index (χ4v) is 4.15. The smallest absolute Gasteiger partial charge is 0.338 e. The highest BCUT2D eigenvalue weighted by Crippen LogP contribution is 2.52. The SMILES string of the molecule is CCOC(=O)c1ccc(NC(=O)[C@H]2[C@@H]3CC[C@@H](C3)[C@@H]2C(=O)O)cc1. The summed E-state index contributed by atoms with van der Waals surface area (Å²) in [5, 5.41) is 12.2. The summed E-state index contributed by atoms with van der Waals surface area (Å²) in [6.45, 7) is 2.04. The fourth-order valence-electron chi connectivity index (χ4n) is 4.15. The molecule has 2 aliphatic carbocycles. The van der Waals surface area contributed by atoms with E-state index in [-0.39, 0.29) is 17.7 Å². The molecule has 0 spiro atoms. The number of aliphatic carboxylic acids is 1. The summed E-state index contributed by atoms with van der Waals surface area (Å²) in [6.07, 6.45) is 2.66. The number of carboxylic acid groups (broad SMARTS) is 1. The molecule has 6 nitrogen and oxygen atoms in total. The van der Waals surface area contributed by atoms with Crippen molar-refractivity contribution in [3.63, 3.8) is 0 Å². The third kappa shape index (κ3) is 3.00. The number of hydrogen-bond donors (Lipinski definition) is 2. The second-order valence-electron chi connectivity index (χ2n) is 6.51. The van der Waals surface area contributed by atoms with Crippen molar-refractivity contribution in [3.8, 4) is 0 Å². The fraction of sp³-hybridized carbons (Fsp3) is 0.500. The van der Waals surface area contributed by atoms with E-state index >= 15 is 0 Å². The summed E-state index contributed by atoms with van der Waals surface area (Å²) < 4.78 is 4.91. The van der Waals surface area contributed by atoms with Crippen LogP contribution in [0.2, 0.25) is 0 Å². The van der Waals surface area contributed by atoms with Gasteiger partial charge in [-0.15, -0.1) is 0 Å². The lowest BCUT2D eigenvalue weighted by Gasteiger charge is -2.27. The zero-order valence-corrected chi connectivity index (χ0v) is 13.5. The van der Waals surface area contributed by atoms with Crippen LogP contribution >= 0.6 is 0 Å². The molecule has 6 heteroatoms. The highest BCUT2D eigenvalue weighted by molar-refractivity contribution is 5.96. The Kier molecular flexibility index (Phi) is 4.55. The number of carbonyl (C=O) groups is 3. The number of nitrogens with one attached hydrogen (secondary N) is 1. The molecule has 0 saturated heterocycles. The van der Waals surface area contributed by atoms with Gasteiger partial charge in [0.15, 0.2) is 0 Å². The van der Waals surface area contributed by atoms with Crippen LogP contribution in [0.25, 0.3) is 0 Å². The molecule has 4 atom stereocenters. The first-order valence-corrected chi connectivity index (χ1v) is 8.32. The number of carboxylic acids is 1. The summed E-state index contributed by atoms with van der Waals surface area (Å²) in [5.41, 5.74) is 0.971. The highest BCUT2D eigenvalue weighted by atomic mass is 16.5. The Morgan fingerprint density at radius 2 is 1.75 bits per heavy atom. The number of fused-ring (bicyclic) bond motifs is 2. The molecule has 128 valence electrons. The molecular formula is C18H21NO5. The van der Waals surface area contributed by atoms with Gasteiger partial charge in [-0.05, 0) is 62.3 Å². The molecule has 2 bridgehead atoms. The van der Waals surface area contributed by atoms with Gasteiger partial charge in [-0.3, -0.25) is 9.59 Å². The van der Waals surface area contributed by atoms with Crippen LogP contribution < -0.4 is 5.32 Å². The van der Waals surface area contributed by atoms with Crippen molar-refractivity contribution in [3.05, 3.63) is 29.8 Å². The molecule has 0 aromatic heterocycles. The molecule has 3 rings (SSSR count). The van der Waals surface area contributed by atoms with Crippen molar-refractivity contribution in [2.45, 2.75) is 26.2 Å². The van der Waals surface area contributed by atoms with Crippen LogP contribution in [0.4, 0.5) is 5.69 Å². The van der Waals surface area contributed by atoms with E-state index < -0.39 is 23.8 Å². The van der Waals surface area contributed by atoms with Crippen LogP contribution in [0.1, 0.15) is 36.5 Å². The number of anilines is 1. The van der Waals surface area contributed by atoms with Crippen molar-refractivity contribution in [2.24, 2.45) is 23.7 Å². The Balaban J connectivity index is 1.68. The highest BCUT2D eigenvalue weighted by Gasteiger charge is 2.53. The van der Waals surface area contributed by atoms with E-state index in [0.717, 1.165) is 19.3 Å². The van der Waals surface area contributed by atoms with Crippen LogP contribution in [-0.2, 0) is 14.3 Å². The van der Waals surface area contributed by atoms with Crippen molar-refractivity contribution >= 4 is 23.5 Å². The molecule has 1 aromatic carbocycles. The van der Waals surface area contributed by atoms with E-state index in [0.29, 0.717) is 17.9 Å². The van der Waals surface area contributed by atoms with E-state index in [1.165, 1.54) is 0 Å². The monoisotopic (exact) mass is 331 g/mol. The average Bonchev–Trinajstić information content (AvgIpc) is 3.16. The largest absolute Gasteiger partial charge is 0.481 e. The number of rotatable bonds is 5.